The van der Waals surface area contributed by atoms with Crippen molar-refractivity contribution >= 4 is 34.3 Å². The third-order valence-electron chi connectivity index (χ3n) is 5.82. The number of ketones is 1. The molecule has 1 atom stereocenters. The summed E-state index contributed by atoms with van der Waals surface area (Å²) < 4.78 is 5.73. The molecule has 1 aliphatic rings. The van der Waals surface area contributed by atoms with Crippen LogP contribution in [0.3, 0.4) is 0 Å². The van der Waals surface area contributed by atoms with Crippen LogP contribution in [-0.2, 0) is 22.4 Å². The van der Waals surface area contributed by atoms with Gasteiger partial charge in [-0.05, 0) is 62.8 Å². The number of ether oxygens (including phenoxy) is 1. The molecule has 0 fully saturated rings. The van der Waals surface area contributed by atoms with E-state index in [0.717, 1.165) is 47.8 Å². The van der Waals surface area contributed by atoms with Crippen molar-refractivity contribution in [1.82, 2.24) is 4.98 Å². The van der Waals surface area contributed by atoms with Gasteiger partial charge in [0, 0.05) is 22.3 Å². The largest absolute Gasteiger partial charge is 0.449 e. The first-order chi connectivity index (χ1) is 15.5. The molecule has 2 aromatic carbocycles. The number of aromatic nitrogens is 1. The third kappa shape index (κ3) is 4.40. The van der Waals surface area contributed by atoms with E-state index in [1.165, 1.54) is 6.92 Å². The van der Waals surface area contributed by atoms with Gasteiger partial charge in [0.2, 0.25) is 0 Å². The molecule has 0 saturated heterocycles. The maximum Gasteiger partial charge on any atom is 0.339 e. The van der Waals surface area contributed by atoms with Crippen molar-refractivity contribution < 1.29 is 19.1 Å². The van der Waals surface area contributed by atoms with Gasteiger partial charge >= 0.3 is 5.97 Å². The summed E-state index contributed by atoms with van der Waals surface area (Å²) in [7, 11) is 0. The Kier molecular flexibility index (Phi) is 6.30. The molecule has 4 rings (SSSR count). The Labute approximate surface area is 187 Å². The number of anilines is 1. The number of carbonyl (C=O) groups excluding carboxylic acids is 3. The topological polar surface area (TPSA) is 85.4 Å². The van der Waals surface area contributed by atoms with Crippen molar-refractivity contribution in [2.45, 2.75) is 52.1 Å². The minimum absolute atomic E-state index is 0.0890. The summed E-state index contributed by atoms with van der Waals surface area (Å²) in [6.07, 6.45) is 3.04. The minimum Gasteiger partial charge on any atom is -0.449 e. The van der Waals surface area contributed by atoms with Crippen LogP contribution >= 0.6 is 0 Å². The van der Waals surface area contributed by atoms with Gasteiger partial charge in [0.25, 0.3) is 5.91 Å². The van der Waals surface area contributed by atoms with Crippen LogP contribution in [-0.4, -0.2) is 28.7 Å². The highest BCUT2D eigenvalue weighted by Gasteiger charge is 2.27. The number of Topliss-reactive ketones (excluding diaryl/α,β-unsaturated/α-hetero) is 1. The van der Waals surface area contributed by atoms with E-state index in [0.29, 0.717) is 23.2 Å². The van der Waals surface area contributed by atoms with E-state index >= 15 is 0 Å². The number of pyridine rings is 1. The third-order valence-corrected chi connectivity index (χ3v) is 5.82. The highest BCUT2D eigenvalue weighted by Crippen LogP contribution is 2.30. The number of hydrogen-bond donors (Lipinski definition) is 1. The van der Waals surface area contributed by atoms with E-state index in [1.807, 2.05) is 24.3 Å². The summed E-state index contributed by atoms with van der Waals surface area (Å²) in [5.74, 6) is -1.01. The first-order valence-corrected chi connectivity index (χ1v) is 11.0. The van der Waals surface area contributed by atoms with E-state index in [2.05, 4.69) is 5.32 Å². The number of nitrogens with one attached hydrogen (secondary N) is 1. The lowest BCUT2D eigenvalue weighted by Crippen LogP contribution is -2.32. The van der Waals surface area contributed by atoms with Gasteiger partial charge in [-0.2, -0.15) is 0 Å². The van der Waals surface area contributed by atoms with E-state index in [1.54, 1.807) is 31.2 Å². The van der Waals surface area contributed by atoms with Crippen molar-refractivity contribution in [2.24, 2.45) is 0 Å². The summed E-state index contributed by atoms with van der Waals surface area (Å²) in [5, 5.41) is 3.52. The second-order valence-corrected chi connectivity index (χ2v) is 8.06. The van der Waals surface area contributed by atoms with Crippen LogP contribution in [0.2, 0.25) is 0 Å². The molecule has 6 nitrogen and oxygen atoms in total. The number of nitrogens with zero attached hydrogens (tertiary/aromatic N) is 1. The fourth-order valence-corrected chi connectivity index (χ4v) is 4.15. The van der Waals surface area contributed by atoms with Gasteiger partial charge in [0.05, 0.1) is 11.1 Å². The van der Waals surface area contributed by atoms with E-state index in [4.69, 9.17) is 9.72 Å². The minimum atomic E-state index is -0.949. The number of rotatable bonds is 6. The van der Waals surface area contributed by atoms with Crippen molar-refractivity contribution in [3.8, 4) is 0 Å². The molecular formula is C26H26N2O4. The van der Waals surface area contributed by atoms with Gasteiger partial charge in [-0.25, -0.2) is 4.79 Å². The normalized spacial score (nSPS) is 13.8. The van der Waals surface area contributed by atoms with Gasteiger partial charge in [0.1, 0.15) is 0 Å². The number of aryl methyl sites for hydroxylation is 1. The van der Waals surface area contributed by atoms with Crippen LogP contribution in [0.25, 0.3) is 10.9 Å². The molecule has 1 amide bonds. The molecule has 32 heavy (non-hydrogen) atoms. The molecule has 0 bridgehead atoms. The average Bonchev–Trinajstić information content (AvgIpc) is 2.80. The van der Waals surface area contributed by atoms with Crippen LogP contribution in [0.15, 0.2) is 48.5 Å². The smallest absolute Gasteiger partial charge is 0.339 e. The van der Waals surface area contributed by atoms with Crippen LogP contribution in [0.4, 0.5) is 5.69 Å². The molecule has 1 aliphatic carbocycles. The number of esters is 1. The Balaban J connectivity index is 1.60. The Morgan fingerprint density at radius 2 is 1.84 bits per heavy atom. The van der Waals surface area contributed by atoms with E-state index < -0.39 is 18.0 Å². The SMILES string of the molecule is CCC(OC(=O)c1c2c(nc3ccccc13)CCCC2)C(=O)Nc1cccc(C(C)=O)c1. The molecule has 0 saturated carbocycles. The zero-order valence-corrected chi connectivity index (χ0v) is 18.3. The van der Waals surface area contributed by atoms with Gasteiger partial charge in [-0.3, -0.25) is 14.6 Å². The Morgan fingerprint density at radius 3 is 2.62 bits per heavy atom. The standard InChI is InChI=1S/C26H26N2O4/c1-3-23(25(30)27-18-10-8-9-17(15-18)16(2)29)32-26(31)24-19-11-4-6-13-21(19)28-22-14-7-5-12-20(22)24/h4,6,8-11,13,15,23H,3,5,7,12,14H2,1-2H3,(H,27,30). The predicted octanol–water partition coefficient (Wildman–Crippen LogP) is 4.89. The Morgan fingerprint density at radius 1 is 1.06 bits per heavy atom. The van der Waals surface area contributed by atoms with E-state index in [-0.39, 0.29) is 5.78 Å². The predicted molar refractivity (Wildman–Crippen MR) is 123 cm³/mol. The molecule has 0 radical (unpaired) electrons. The van der Waals surface area contributed by atoms with Gasteiger partial charge in [0.15, 0.2) is 11.9 Å². The first kappa shape index (κ1) is 21.7. The summed E-state index contributed by atoms with van der Waals surface area (Å²) in [6.45, 7) is 3.26. The summed E-state index contributed by atoms with van der Waals surface area (Å²) in [5.41, 5.74) is 4.16. The quantitative estimate of drug-likeness (QED) is 0.445. The number of para-hydroxylation sites is 1. The summed E-state index contributed by atoms with van der Waals surface area (Å²) in [4.78, 5) is 42.6. The molecule has 1 heterocycles. The highest BCUT2D eigenvalue weighted by molar-refractivity contribution is 6.06. The number of carbonyl (C=O) groups is 3. The zero-order valence-electron chi connectivity index (χ0n) is 18.3. The van der Waals surface area contributed by atoms with Gasteiger partial charge in [-0.1, -0.05) is 37.3 Å². The maximum atomic E-state index is 13.3. The molecule has 3 aromatic rings. The summed E-state index contributed by atoms with van der Waals surface area (Å²) in [6, 6.07) is 14.3. The molecule has 0 spiro atoms. The summed E-state index contributed by atoms with van der Waals surface area (Å²) >= 11 is 0. The van der Waals surface area contributed by atoms with Crippen molar-refractivity contribution in [3.63, 3.8) is 0 Å². The number of hydrogen-bond acceptors (Lipinski definition) is 5. The fraction of sp³-hybridized carbons (Fsp3) is 0.308. The van der Waals surface area contributed by atoms with Gasteiger partial charge in [-0.15, -0.1) is 0 Å². The monoisotopic (exact) mass is 430 g/mol. The van der Waals surface area contributed by atoms with Crippen molar-refractivity contribution in [3.05, 3.63) is 70.9 Å². The van der Waals surface area contributed by atoms with Gasteiger partial charge < -0.3 is 10.1 Å². The van der Waals surface area contributed by atoms with Crippen LogP contribution in [0.5, 0.6) is 0 Å². The molecule has 6 heteroatoms. The Bertz CT molecular complexity index is 1200. The number of amides is 1. The molecule has 1 unspecified atom stereocenters. The second-order valence-electron chi connectivity index (χ2n) is 8.06. The lowest BCUT2D eigenvalue weighted by atomic mass is 9.90. The lowest BCUT2D eigenvalue weighted by Gasteiger charge is -2.22. The zero-order chi connectivity index (χ0) is 22.7. The molecule has 1 aromatic heterocycles. The first-order valence-electron chi connectivity index (χ1n) is 11.0. The number of fused-ring (bicyclic) bond motifs is 2. The fourth-order valence-electron chi connectivity index (χ4n) is 4.15. The maximum absolute atomic E-state index is 13.3. The second kappa shape index (κ2) is 9.30. The molecule has 164 valence electrons. The van der Waals surface area contributed by atoms with E-state index in [9.17, 15) is 14.4 Å². The molecule has 1 N–H and O–H groups in total. The van der Waals surface area contributed by atoms with Crippen LogP contribution in [0.1, 0.15) is 65.1 Å². The average molecular weight is 431 g/mol. The Hall–Kier alpha value is -3.54. The van der Waals surface area contributed by atoms with Crippen LogP contribution < -0.4 is 5.32 Å². The van der Waals surface area contributed by atoms with Crippen LogP contribution in [0, 0.1) is 0 Å². The highest BCUT2D eigenvalue weighted by atomic mass is 16.5. The molecule has 0 aliphatic heterocycles. The molecular weight excluding hydrogens is 404 g/mol. The number of benzene rings is 2. The van der Waals surface area contributed by atoms with Crippen molar-refractivity contribution in [2.75, 3.05) is 5.32 Å². The lowest BCUT2D eigenvalue weighted by molar-refractivity contribution is -0.124. The van der Waals surface area contributed by atoms with Crippen molar-refractivity contribution in [1.29, 1.82) is 0 Å².